The van der Waals surface area contributed by atoms with Gasteiger partial charge >= 0.3 is 0 Å². The first-order valence-corrected chi connectivity index (χ1v) is 5.21. The van der Waals surface area contributed by atoms with E-state index < -0.39 is 0 Å². The zero-order chi connectivity index (χ0) is 9.97. The number of hydrogen-bond acceptors (Lipinski definition) is 0. The second-order valence-electron chi connectivity index (χ2n) is 4.00. The Hall–Kier alpha value is -1.30. The molecule has 1 aromatic carbocycles. The van der Waals surface area contributed by atoms with Crippen molar-refractivity contribution in [2.75, 3.05) is 0 Å². The van der Waals surface area contributed by atoms with Crippen LogP contribution >= 0.6 is 0 Å². The van der Waals surface area contributed by atoms with Gasteiger partial charge in [0.05, 0.1) is 0 Å². The molecule has 0 aromatic heterocycles. The fourth-order valence-electron chi connectivity index (χ4n) is 1.88. The summed E-state index contributed by atoms with van der Waals surface area (Å²) in [6, 6.07) is 6.53. The van der Waals surface area contributed by atoms with E-state index in [4.69, 9.17) is 0 Å². The largest absolute Gasteiger partial charge is 0.0835 e. The Balaban J connectivity index is 2.50. The van der Waals surface area contributed by atoms with Crippen LogP contribution in [-0.4, -0.2) is 0 Å². The number of fused-ring (bicyclic) bond motifs is 1. The maximum Gasteiger partial charge on any atom is -0.00784 e. The quantitative estimate of drug-likeness (QED) is 0.539. The lowest BCUT2D eigenvalue weighted by molar-refractivity contribution is 0.933. The van der Waals surface area contributed by atoms with E-state index in [9.17, 15) is 0 Å². The van der Waals surface area contributed by atoms with Crippen molar-refractivity contribution in [3.8, 4) is 0 Å². The first-order chi connectivity index (χ1) is 6.77. The smallest absolute Gasteiger partial charge is 0.00784 e. The highest BCUT2D eigenvalue weighted by Gasteiger charge is 2.03. The Morgan fingerprint density at radius 3 is 2.93 bits per heavy atom. The van der Waals surface area contributed by atoms with Crippen LogP contribution in [0, 0.1) is 12.8 Å². The third-order valence-electron chi connectivity index (χ3n) is 2.76. The van der Waals surface area contributed by atoms with Crippen LogP contribution in [0.15, 0.2) is 36.4 Å². The minimum atomic E-state index is 0.558. The highest BCUT2D eigenvalue weighted by Crippen LogP contribution is 2.20. The molecule has 1 aromatic rings. The first kappa shape index (κ1) is 9.26. The lowest BCUT2D eigenvalue weighted by Gasteiger charge is -2.10. The van der Waals surface area contributed by atoms with E-state index >= 15 is 0 Å². The van der Waals surface area contributed by atoms with E-state index in [0.29, 0.717) is 5.92 Å². The molecule has 0 heteroatoms. The van der Waals surface area contributed by atoms with Crippen molar-refractivity contribution in [3.63, 3.8) is 0 Å². The molecule has 0 aliphatic heterocycles. The highest BCUT2D eigenvalue weighted by molar-refractivity contribution is 5.59. The molecule has 1 aliphatic rings. The summed E-state index contributed by atoms with van der Waals surface area (Å²) in [4.78, 5) is 0. The highest BCUT2D eigenvalue weighted by atomic mass is 14.1. The molecule has 1 atom stereocenters. The van der Waals surface area contributed by atoms with Crippen LogP contribution < -0.4 is 0 Å². The van der Waals surface area contributed by atoms with Crippen molar-refractivity contribution in [2.24, 2.45) is 5.92 Å². The molecule has 0 saturated heterocycles. The van der Waals surface area contributed by atoms with Crippen LogP contribution in [0.25, 0.3) is 6.08 Å². The molecule has 72 valence electrons. The molecule has 1 aliphatic carbocycles. The van der Waals surface area contributed by atoms with E-state index in [1.165, 1.54) is 16.7 Å². The third-order valence-corrected chi connectivity index (χ3v) is 2.76. The van der Waals surface area contributed by atoms with Crippen LogP contribution in [0.1, 0.15) is 23.6 Å². The molecule has 0 saturated carbocycles. The van der Waals surface area contributed by atoms with Crippen molar-refractivity contribution in [1.82, 2.24) is 0 Å². The summed E-state index contributed by atoms with van der Waals surface area (Å²) in [6.07, 6.45) is 10.1. The normalized spacial score (nSPS) is 22.3. The van der Waals surface area contributed by atoms with Gasteiger partial charge in [-0.3, -0.25) is 0 Å². The lowest BCUT2D eigenvalue weighted by atomic mass is 9.95. The molecule has 2 rings (SSSR count). The molecule has 0 N–H and O–H groups in total. The number of aryl methyl sites for hydroxylation is 1. The maximum absolute atomic E-state index is 2.27. The van der Waals surface area contributed by atoms with Gasteiger partial charge in [-0.15, -0.1) is 0 Å². The zero-order valence-electron chi connectivity index (χ0n) is 8.83. The molecule has 1 unspecified atom stereocenters. The van der Waals surface area contributed by atoms with Gasteiger partial charge in [0.1, 0.15) is 0 Å². The van der Waals surface area contributed by atoms with Crippen molar-refractivity contribution in [1.29, 1.82) is 0 Å². The van der Waals surface area contributed by atoms with Crippen LogP contribution in [0.3, 0.4) is 0 Å². The number of rotatable bonds is 0. The number of hydrogen-bond donors (Lipinski definition) is 0. The topological polar surface area (TPSA) is 0 Å². The fourth-order valence-corrected chi connectivity index (χ4v) is 1.88. The minimum absolute atomic E-state index is 0.558. The molecule has 0 bridgehead atoms. The van der Waals surface area contributed by atoms with Gasteiger partial charge in [0, 0.05) is 0 Å². The molecular formula is C14H16. The Labute approximate surface area is 86.0 Å². The number of benzene rings is 1. The van der Waals surface area contributed by atoms with Gasteiger partial charge in [-0.05, 0) is 36.0 Å². The molecule has 0 heterocycles. The monoisotopic (exact) mass is 184 g/mol. The van der Waals surface area contributed by atoms with E-state index in [1.807, 2.05) is 0 Å². The van der Waals surface area contributed by atoms with Crippen molar-refractivity contribution < 1.29 is 0 Å². The summed E-state index contributed by atoms with van der Waals surface area (Å²) in [5, 5.41) is 0. The minimum Gasteiger partial charge on any atom is -0.0835 e. The van der Waals surface area contributed by atoms with E-state index in [0.717, 1.165) is 6.42 Å². The number of allylic oxidation sites excluding steroid dienone is 3. The predicted molar refractivity (Wildman–Crippen MR) is 62.2 cm³/mol. The van der Waals surface area contributed by atoms with E-state index in [-0.39, 0.29) is 0 Å². The molecule has 0 amide bonds. The van der Waals surface area contributed by atoms with Crippen LogP contribution in [-0.2, 0) is 6.42 Å². The average Bonchev–Trinajstić information content (AvgIpc) is 2.13. The second-order valence-corrected chi connectivity index (χ2v) is 4.00. The Morgan fingerprint density at radius 1 is 1.21 bits per heavy atom. The van der Waals surface area contributed by atoms with Gasteiger partial charge in [0.15, 0.2) is 0 Å². The molecule has 0 fully saturated rings. The van der Waals surface area contributed by atoms with E-state index in [1.54, 1.807) is 0 Å². The molecule has 0 radical (unpaired) electrons. The maximum atomic E-state index is 2.27. The molecule has 0 spiro atoms. The van der Waals surface area contributed by atoms with Gasteiger partial charge in [-0.2, -0.15) is 0 Å². The predicted octanol–water partition coefficient (Wildman–Crippen LogP) is 3.76. The van der Waals surface area contributed by atoms with Crippen LogP contribution in [0.5, 0.6) is 0 Å². The van der Waals surface area contributed by atoms with E-state index in [2.05, 4.69) is 56.4 Å². The van der Waals surface area contributed by atoms with Crippen molar-refractivity contribution >= 4 is 6.08 Å². The second kappa shape index (κ2) is 3.83. The summed E-state index contributed by atoms with van der Waals surface area (Å²) >= 11 is 0. The Kier molecular flexibility index (Phi) is 2.53. The Bertz CT molecular complexity index is 383. The standard InChI is InChI=1S/C14H16/c1-11-5-3-7-13-8-4-6-12(2)14(13)10-9-11/h3-6,8-11H,7H2,1-2H3/b5-3?,10-9-. The van der Waals surface area contributed by atoms with Gasteiger partial charge in [-0.25, -0.2) is 0 Å². The van der Waals surface area contributed by atoms with Gasteiger partial charge in [0.2, 0.25) is 0 Å². The van der Waals surface area contributed by atoms with Gasteiger partial charge in [-0.1, -0.05) is 49.4 Å². The van der Waals surface area contributed by atoms with Crippen molar-refractivity contribution in [3.05, 3.63) is 53.1 Å². The fraction of sp³-hybridized carbons (Fsp3) is 0.286. The Morgan fingerprint density at radius 2 is 2.07 bits per heavy atom. The van der Waals surface area contributed by atoms with Crippen LogP contribution in [0.2, 0.25) is 0 Å². The molecular weight excluding hydrogens is 168 g/mol. The average molecular weight is 184 g/mol. The third kappa shape index (κ3) is 1.79. The van der Waals surface area contributed by atoms with Gasteiger partial charge < -0.3 is 0 Å². The summed E-state index contributed by atoms with van der Waals surface area (Å²) in [5.41, 5.74) is 4.22. The summed E-state index contributed by atoms with van der Waals surface area (Å²) < 4.78 is 0. The first-order valence-electron chi connectivity index (χ1n) is 5.21. The summed E-state index contributed by atoms with van der Waals surface area (Å²) in [5.74, 6) is 0.558. The summed E-state index contributed by atoms with van der Waals surface area (Å²) in [6.45, 7) is 4.40. The lowest BCUT2D eigenvalue weighted by Crippen LogP contribution is -1.94. The zero-order valence-corrected chi connectivity index (χ0v) is 8.83. The van der Waals surface area contributed by atoms with Gasteiger partial charge in [0.25, 0.3) is 0 Å². The van der Waals surface area contributed by atoms with Crippen LogP contribution in [0.4, 0.5) is 0 Å². The molecule has 14 heavy (non-hydrogen) atoms. The van der Waals surface area contributed by atoms with Crippen molar-refractivity contribution in [2.45, 2.75) is 20.3 Å². The molecule has 0 nitrogen and oxygen atoms in total. The summed E-state index contributed by atoms with van der Waals surface area (Å²) in [7, 11) is 0. The SMILES string of the molecule is Cc1cccc2c1/C=C\C(C)C=CC2.